The minimum Gasteiger partial charge on any atom is -0.458 e. The Labute approximate surface area is 172 Å². The fourth-order valence-corrected chi connectivity index (χ4v) is 2.97. The summed E-state index contributed by atoms with van der Waals surface area (Å²) in [6.45, 7) is 6.95. The zero-order valence-corrected chi connectivity index (χ0v) is 17.2. The van der Waals surface area contributed by atoms with Gasteiger partial charge in [-0.1, -0.05) is 11.6 Å². The van der Waals surface area contributed by atoms with Crippen molar-refractivity contribution in [2.45, 2.75) is 51.6 Å². The van der Waals surface area contributed by atoms with Crippen LogP contribution in [0.25, 0.3) is 5.69 Å². The number of aliphatic hydroxyl groups excluding tert-OH is 1. The Bertz CT molecular complexity index is 912. The number of aromatic nitrogens is 4. The number of nitrogens with zero attached hydrogens (tertiary/aromatic N) is 5. The standard InChI is InChI=1S/C18H22ClN5O5/c1-10-9-23(13-5-6-24(22-13)11-7-12(19)21-20-8-11)16(26)15(28-10)14(25)17(27)29-18(2,3)4/h5-8,10,14-15,25H,9H2,1-4H3/t10-,14?,15-/m1/s1. The van der Waals surface area contributed by atoms with Gasteiger partial charge in [0.1, 0.15) is 5.60 Å². The van der Waals surface area contributed by atoms with Crippen molar-refractivity contribution in [3.63, 3.8) is 0 Å². The second kappa shape index (κ2) is 8.05. The molecular formula is C18H22ClN5O5. The summed E-state index contributed by atoms with van der Waals surface area (Å²) in [6.07, 6.45) is -0.471. The fraction of sp³-hybridized carbons (Fsp3) is 0.500. The molecule has 3 heterocycles. The highest BCUT2D eigenvalue weighted by Gasteiger charge is 2.43. The smallest absolute Gasteiger partial charge is 0.338 e. The quantitative estimate of drug-likeness (QED) is 0.727. The number of carbonyl (C=O) groups excluding carboxylic acids is 2. The lowest BCUT2D eigenvalue weighted by molar-refractivity contribution is -0.181. The summed E-state index contributed by atoms with van der Waals surface area (Å²) in [6, 6.07) is 3.20. The minimum atomic E-state index is -1.75. The number of amides is 1. The normalized spacial score (nSPS) is 21.2. The van der Waals surface area contributed by atoms with Crippen LogP contribution in [0.2, 0.25) is 5.15 Å². The third-order valence-corrected chi connectivity index (χ3v) is 4.17. The largest absolute Gasteiger partial charge is 0.458 e. The van der Waals surface area contributed by atoms with E-state index in [0.717, 1.165) is 0 Å². The number of morpholine rings is 1. The van der Waals surface area contributed by atoms with E-state index in [2.05, 4.69) is 15.3 Å². The Morgan fingerprint density at radius 1 is 1.45 bits per heavy atom. The van der Waals surface area contributed by atoms with Crippen molar-refractivity contribution in [1.29, 1.82) is 0 Å². The van der Waals surface area contributed by atoms with E-state index in [1.165, 1.54) is 15.8 Å². The first kappa shape index (κ1) is 21.2. The first-order valence-corrected chi connectivity index (χ1v) is 9.35. The number of carbonyl (C=O) groups is 2. The molecule has 3 atom stereocenters. The predicted molar refractivity (Wildman–Crippen MR) is 103 cm³/mol. The first-order valence-electron chi connectivity index (χ1n) is 8.97. The van der Waals surface area contributed by atoms with Crippen LogP contribution in [0.1, 0.15) is 27.7 Å². The third kappa shape index (κ3) is 4.89. The SMILES string of the molecule is C[C@@H]1CN(c2ccn(-c3cnnc(Cl)c3)n2)C(=O)[C@@H](C(O)C(=O)OC(C)(C)C)O1. The zero-order chi connectivity index (χ0) is 21.3. The number of anilines is 1. The van der Waals surface area contributed by atoms with Crippen LogP contribution < -0.4 is 4.90 Å². The number of halogens is 1. The van der Waals surface area contributed by atoms with E-state index in [-0.39, 0.29) is 11.7 Å². The van der Waals surface area contributed by atoms with Crippen LogP contribution in [-0.4, -0.2) is 67.4 Å². The van der Waals surface area contributed by atoms with E-state index in [0.29, 0.717) is 11.5 Å². The van der Waals surface area contributed by atoms with E-state index in [1.807, 2.05) is 0 Å². The molecule has 1 saturated heterocycles. The van der Waals surface area contributed by atoms with E-state index >= 15 is 0 Å². The molecule has 1 N–H and O–H groups in total. The summed E-state index contributed by atoms with van der Waals surface area (Å²) in [4.78, 5) is 26.5. The van der Waals surface area contributed by atoms with Gasteiger partial charge in [0.05, 0.1) is 24.5 Å². The molecule has 2 aromatic rings. The van der Waals surface area contributed by atoms with Gasteiger partial charge in [0.2, 0.25) is 0 Å². The van der Waals surface area contributed by atoms with Crippen molar-refractivity contribution in [1.82, 2.24) is 20.0 Å². The summed E-state index contributed by atoms with van der Waals surface area (Å²) < 4.78 is 12.2. The fourth-order valence-electron chi connectivity index (χ4n) is 2.81. The monoisotopic (exact) mass is 423 g/mol. The van der Waals surface area contributed by atoms with E-state index in [1.54, 1.807) is 46.0 Å². The summed E-state index contributed by atoms with van der Waals surface area (Å²) in [5, 5.41) is 22.4. The van der Waals surface area contributed by atoms with Crippen molar-refractivity contribution in [3.05, 3.63) is 29.7 Å². The maximum absolute atomic E-state index is 12.9. The predicted octanol–water partition coefficient (Wildman–Crippen LogP) is 1.14. The third-order valence-electron chi connectivity index (χ3n) is 3.99. The molecule has 0 radical (unpaired) electrons. The molecule has 1 fully saturated rings. The van der Waals surface area contributed by atoms with Crippen molar-refractivity contribution >= 4 is 29.3 Å². The molecule has 1 aliphatic rings. The number of esters is 1. The maximum Gasteiger partial charge on any atom is 0.338 e. The average molecular weight is 424 g/mol. The highest BCUT2D eigenvalue weighted by atomic mass is 35.5. The van der Waals surface area contributed by atoms with Gasteiger partial charge in [0.15, 0.2) is 23.2 Å². The Morgan fingerprint density at radius 2 is 2.17 bits per heavy atom. The highest BCUT2D eigenvalue weighted by molar-refractivity contribution is 6.29. The Balaban J connectivity index is 1.81. The van der Waals surface area contributed by atoms with Gasteiger partial charge in [0.25, 0.3) is 5.91 Å². The van der Waals surface area contributed by atoms with Crippen LogP contribution in [0.5, 0.6) is 0 Å². The molecule has 0 spiro atoms. The maximum atomic E-state index is 12.9. The lowest BCUT2D eigenvalue weighted by Gasteiger charge is -2.36. The topological polar surface area (TPSA) is 120 Å². The van der Waals surface area contributed by atoms with Crippen molar-refractivity contribution in [2.75, 3.05) is 11.4 Å². The zero-order valence-electron chi connectivity index (χ0n) is 16.4. The molecule has 11 heteroatoms. The van der Waals surface area contributed by atoms with Gasteiger partial charge >= 0.3 is 5.97 Å². The summed E-state index contributed by atoms with van der Waals surface area (Å²) >= 11 is 5.85. The molecule has 2 aromatic heterocycles. The van der Waals surface area contributed by atoms with E-state index < -0.39 is 35.8 Å². The molecule has 29 heavy (non-hydrogen) atoms. The number of hydrogen-bond acceptors (Lipinski definition) is 8. The molecule has 1 aliphatic heterocycles. The van der Waals surface area contributed by atoms with Crippen molar-refractivity contribution < 1.29 is 24.2 Å². The number of aliphatic hydroxyl groups is 1. The molecule has 1 amide bonds. The summed E-state index contributed by atoms with van der Waals surface area (Å²) in [5.41, 5.74) is -0.241. The molecule has 0 aliphatic carbocycles. The van der Waals surface area contributed by atoms with E-state index in [9.17, 15) is 14.7 Å². The molecule has 0 saturated carbocycles. The van der Waals surface area contributed by atoms with Crippen LogP contribution in [-0.2, 0) is 19.1 Å². The van der Waals surface area contributed by atoms with Gasteiger partial charge in [-0.25, -0.2) is 9.48 Å². The summed E-state index contributed by atoms with van der Waals surface area (Å²) in [5.74, 6) is -1.18. The van der Waals surface area contributed by atoms with Gasteiger partial charge in [-0.3, -0.25) is 9.69 Å². The average Bonchev–Trinajstić information content (AvgIpc) is 3.11. The van der Waals surface area contributed by atoms with Gasteiger partial charge in [0, 0.05) is 18.3 Å². The molecule has 3 rings (SSSR count). The van der Waals surface area contributed by atoms with Crippen molar-refractivity contribution in [2.24, 2.45) is 0 Å². The van der Waals surface area contributed by atoms with Gasteiger partial charge < -0.3 is 14.6 Å². The number of hydrogen-bond donors (Lipinski definition) is 1. The van der Waals surface area contributed by atoms with Gasteiger partial charge in [-0.2, -0.15) is 5.10 Å². The van der Waals surface area contributed by atoms with Crippen LogP contribution in [0.15, 0.2) is 24.5 Å². The molecule has 0 aromatic carbocycles. The van der Waals surface area contributed by atoms with Gasteiger partial charge in [-0.05, 0) is 27.7 Å². The van der Waals surface area contributed by atoms with Crippen molar-refractivity contribution in [3.8, 4) is 5.69 Å². The lowest BCUT2D eigenvalue weighted by Crippen LogP contribution is -2.57. The number of ether oxygens (including phenoxy) is 2. The number of rotatable bonds is 4. The van der Waals surface area contributed by atoms with Crippen LogP contribution in [0, 0.1) is 0 Å². The molecular weight excluding hydrogens is 402 g/mol. The highest BCUT2D eigenvalue weighted by Crippen LogP contribution is 2.24. The Hall–Kier alpha value is -2.56. The Kier molecular flexibility index (Phi) is 5.87. The minimum absolute atomic E-state index is 0.205. The second-order valence-corrected chi connectivity index (χ2v) is 8.04. The van der Waals surface area contributed by atoms with E-state index in [4.69, 9.17) is 21.1 Å². The molecule has 10 nitrogen and oxygen atoms in total. The van der Waals surface area contributed by atoms with Gasteiger partial charge in [-0.15, -0.1) is 10.2 Å². The molecule has 0 bridgehead atoms. The van der Waals surface area contributed by atoms with Crippen LogP contribution in [0.4, 0.5) is 5.82 Å². The van der Waals surface area contributed by atoms with Crippen LogP contribution >= 0.6 is 11.6 Å². The Morgan fingerprint density at radius 3 is 2.83 bits per heavy atom. The van der Waals surface area contributed by atoms with Crippen LogP contribution in [0.3, 0.4) is 0 Å². The lowest BCUT2D eigenvalue weighted by atomic mass is 10.1. The summed E-state index contributed by atoms with van der Waals surface area (Å²) in [7, 11) is 0. The molecule has 1 unspecified atom stereocenters. The second-order valence-electron chi connectivity index (χ2n) is 7.65. The first-order chi connectivity index (χ1) is 13.5. The molecule has 156 valence electrons.